The van der Waals surface area contributed by atoms with Crippen LogP contribution in [0.1, 0.15) is 64.7 Å². The van der Waals surface area contributed by atoms with Crippen molar-refractivity contribution in [2.24, 2.45) is 11.8 Å². The van der Waals surface area contributed by atoms with Gasteiger partial charge in [-0.25, -0.2) is 0 Å². The molecule has 0 amide bonds. The van der Waals surface area contributed by atoms with Gasteiger partial charge in [-0.2, -0.15) is 0 Å². The van der Waals surface area contributed by atoms with Crippen LogP contribution in [-0.2, 0) is 9.47 Å². The van der Waals surface area contributed by atoms with E-state index < -0.39 is 0 Å². The molecule has 0 aromatic heterocycles. The largest absolute Gasteiger partial charge is 0.352 e. The van der Waals surface area contributed by atoms with E-state index in [0.717, 1.165) is 13.2 Å². The molecule has 0 unspecified atom stereocenters. The predicted octanol–water partition coefficient (Wildman–Crippen LogP) is 4.14. The van der Waals surface area contributed by atoms with Gasteiger partial charge in [0.15, 0.2) is 6.29 Å². The molecule has 1 saturated carbocycles. The van der Waals surface area contributed by atoms with Crippen molar-refractivity contribution in [3.05, 3.63) is 0 Å². The molecule has 0 aromatic rings. The third kappa shape index (κ3) is 4.26. The van der Waals surface area contributed by atoms with Crippen LogP contribution in [-0.4, -0.2) is 19.5 Å². The van der Waals surface area contributed by atoms with Crippen LogP contribution >= 0.6 is 0 Å². The van der Waals surface area contributed by atoms with Gasteiger partial charge in [-0.15, -0.1) is 0 Å². The summed E-state index contributed by atoms with van der Waals surface area (Å²) in [5.74, 6) is 1.33. The van der Waals surface area contributed by atoms with E-state index in [9.17, 15) is 0 Å². The Labute approximate surface area is 106 Å². The van der Waals surface area contributed by atoms with Gasteiger partial charge in [0.25, 0.3) is 0 Å². The van der Waals surface area contributed by atoms with Crippen LogP contribution in [0.15, 0.2) is 0 Å². The molecule has 0 aromatic carbocycles. The lowest BCUT2D eigenvalue weighted by Crippen LogP contribution is -2.37. The summed E-state index contributed by atoms with van der Waals surface area (Å²) in [6.07, 6.45) is 12.2. The highest BCUT2D eigenvalue weighted by Crippen LogP contribution is 2.31. The minimum atomic E-state index is 0.123. The second-order valence-corrected chi connectivity index (χ2v) is 5.79. The lowest BCUT2D eigenvalue weighted by molar-refractivity contribution is -0.229. The van der Waals surface area contributed by atoms with E-state index in [0.29, 0.717) is 11.8 Å². The average molecular weight is 240 g/mol. The monoisotopic (exact) mass is 240 g/mol. The van der Waals surface area contributed by atoms with Gasteiger partial charge >= 0.3 is 0 Å². The summed E-state index contributed by atoms with van der Waals surface area (Å²) in [5.41, 5.74) is 0. The van der Waals surface area contributed by atoms with Gasteiger partial charge in [0.2, 0.25) is 0 Å². The molecule has 2 heteroatoms. The third-order valence-electron chi connectivity index (χ3n) is 4.24. The van der Waals surface area contributed by atoms with Crippen molar-refractivity contribution in [3.8, 4) is 0 Å². The van der Waals surface area contributed by atoms with Gasteiger partial charge in [0.05, 0.1) is 13.2 Å². The number of unbranched alkanes of at least 4 members (excludes halogenated alkanes) is 2. The summed E-state index contributed by atoms with van der Waals surface area (Å²) in [5, 5.41) is 0. The molecule has 0 N–H and O–H groups in total. The molecule has 2 nitrogen and oxygen atoms in total. The van der Waals surface area contributed by atoms with E-state index in [1.165, 1.54) is 57.8 Å². The molecule has 0 bridgehead atoms. The summed E-state index contributed by atoms with van der Waals surface area (Å²) < 4.78 is 11.9. The second kappa shape index (κ2) is 7.38. The predicted molar refractivity (Wildman–Crippen MR) is 69.9 cm³/mol. The van der Waals surface area contributed by atoms with Gasteiger partial charge in [0, 0.05) is 11.8 Å². The first kappa shape index (κ1) is 13.4. The first-order valence-corrected chi connectivity index (χ1v) is 7.63. The molecule has 1 aliphatic heterocycles. The summed E-state index contributed by atoms with van der Waals surface area (Å²) in [4.78, 5) is 0. The third-order valence-corrected chi connectivity index (χ3v) is 4.24. The van der Waals surface area contributed by atoms with E-state index in [1.54, 1.807) is 0 Å². The lowest BCUT2D eigenvalue weighted by Gasteiger charge is -2.35. The quantitative estimate of drug-likeness (QED) is 0.672. The maximum absolute atomic E-state index is 5.94. The Morgan fingerprint density at radius 2 is 1.65 bits per heavy atom. The highest BCUT2D eigenvalue weighted by molar-refractivity contribution is 4.72. The fourth-order valence-electron chi connectivity index (χ4n) is 3.09. The molecule has 0 spiro atoms. The van der Waals surface area contributed by atoms with E-state index in [-0.39, 0.29) is 6.29 Å². The molecule has 0 atom stereocenters. The summed E-state index contributed by atoms with van der Waals surface area (Å²) in [7, 11) is 0. The van der Waals surface area contributed by atoms with Crippen LogP contribution in [0.5, 0.6) is 0 Å². The van der Waals surface area contributed by atoms with Crippen molar-refractivity contribution < 1.29 is 9.47 Å². The summed E-state index contributed by atoms with van der Waals surface area (Å²) in [6.45, 7) is 4.13. The first-order valence-electron chi connectivity index (χ1n) is 7.63. The molecule has 100 valence electrons. The van der Waals surface area contributed by atoms with Crippen molar-refractivity contribution >= 4 is 0 Å². The van der Waals surface area contributed by atoms with Gasteiger partial charge in [-0.1, -0.05) is 45.4 Å². The highest BCUT2D eigenvalue weighted by atomic mass is 16.7. The zero-order valence-corrected chi connectivity index (χ0v) is 11.3. The fourth-order valence-corrected chi connectivity index (χ4v) is 3.09. The van der Waals surface area contributed by atoms with E-state index in [4.69, 9.17) is 9.47 Å². The Hall–Kier alpha value is -0.0800. The molecule has 1 aliphatic carbocycles. The van der Waals surface area contributed by atoms with E-state index >= 15 is 0 Å². The van der Waals surface area contributed by atoms with Crippen LogP contribution < -0.4 is 0 Å². The Balaban J connectivity index is 1.63. The molecular weight excluding hydrogens is 212 g/mol. The zero-order valence-electron chi connectivity index (χ0n) is 11.3. The minimum Gasteiger partial charge on any atom is -0.352 e. The normalized spacial score (nSPS) is 31.6. The Morgan fingerprint density at radius 3 is 2.29 bits per heavy atom. The topological polar surface area (TPSA) is 18.5 Å². The maximum Gasteiger partial charge on any atom is 0.160 e. The smallest absolute Gasteiger partial charge is 0.160 e. The maximum atomic E-state index is 5.94. The van der Waals surface area contributed by atoms with Crippen LogP contribution in [0.2, 0.25) is 0 Å². The van der Waals surface area contributed by atoms with Crippen molar-refractivity contribution in [1.29, 1.82) is 0 Å². The number of hydrogen-bond donors (Lipinski definition) is 0. The van der Waals surface area contributed by atoms with Crippen molar-refractivity contribution in [2.75, 3.05) is 13.2 Å². The SMILES string of the molecule is CCCCCC1COC(C2CCCCC2)OC1. The number of rotatable bonds is 5. The van der Waals surface area contributed by atoms with Crippen molar-refractivity contribution in [2.45, 2.75) is 71.0 Å². The molecule has 1 heterocycles. The van der Waals surface area contributed by atoms with Crippen molar-refractivity contribution in [1.82, 2.24) is 0 Å². The van der Waals surface area contributed by atoms with Crippen LogP contribution in [0.3, 0.4) is 0 Å². The Kier molecular flexibility index (Phi) is 5.79. The van der Waals surface area contributed by atoms with E-state index in [1.807, 2.05) is 0 Å². The van der Waals surface area contributed by atoms with Gasteiger partial charge in [-0.3, -0.25) is 0 Å². The molecule has 2 aliphatic rings. The molecular formula is C15H28O2. The van der Waals surface area contributed by atoms with Crippen LogP contribution in [0, 0.1) is 11.8 Å². The standard InChI is InChI=1S/C15H28O2/c1-2-3-5-8-13-11-16-15(17-12-13)14-9-6-4-7-10-14/h13-15H,2-12H2,1H3. The van der Waals surface area contributed by atoms with Gasteiger partial charge < -0.3 is 9.47 Å². The lowest BCUT2D eigenvalue weighted by atomic mass is 9.88. The second-order valence-electron chi connectivity index (χ2n) is 5.79. The Bertz CT molecular complexity index is 191. The van der Waals surface area contributed by atoms with Crippen LogP contribution in [0.4, 0.5) is 0 Å². The van der Waals surface area contributed by atoms with E-state index in [2.05, 4.69) is 6.92 Å². The minimum absolute atomic E-state index is 0.123. The molecule has 17 heavy (non-hydrogen) atoms. The van der Waals surface area contributed by atoms with Gasteiger partial charge in [0.1, 0.15) is 0 Å². The molecule has 1 saturated heterocycles. The number of hydrogen-bond acceptors (Lipinski definition) is 2. The Morgan fingerprint density at radius 1 is 0.941 bits per heavy atom. The molecule has 0 radical (unpaired) electrons. The molecule has 2 fully saturated rings. The average Bonchev–Trinajstić information content (AvgIpc) is 2.41. The summed E-state index contributed by atoms with van der Waals surface area (Å²) >= 11 is 0. The fraction of sp³-hybridized carbons (Fsp3) is 1.00. The first-order chi connectivity index (χ1) is 8.40. The molecule has 2 rings (SSSR count). The highest BCUT2D eigenvalue weighted by Gasteiger charge is 2.29. The van der Waals surface area contributed by atoms with Crippen molar-refractivity contribution in [3.63, 3.8) is 0 Å². The zero-order chi connectivity index (χ0) is 11.9. The van der Waals surface area contributed by atoms with Crippen LogP contribution in [0.25, 0.3) is 0 Å². The summed E-state index contributed by atoms with van der Waals surface area (Å²) in [6, 6.07) is 0. The van der Waals surface area contributed by atoms with Gasteiger partial charge in [-0.05, 0) is 19.3 Å². The number of ether oxygens (including phenoxy) is 2.